The molecule has 0 saturated heterocycles. The van der Waals surface area contributed by atoms with Crippen molar-refractivity contribution in [2.24, 2.45) is 52.5 Å². The summed E-state index contributed by atoms with van der Waals surface area (Å²) in [5.41, 5.74) is 25.2. The Morgan fingerprint density at radius 1 is 0.472 bits per heavy atom. The van der Waals surface area contributed by atoms with E-state index in [1.54, 1.807) is 84.0 Å². The first kappa shape index (κ1) is 109. The summed E-state index contributed by atoms with van der Waals surface area (Å²) in [5.74, 6) is -15.3. The Balaban J connectivity index is 2.03. The van der Waals surface area contributed by atoms with Crippen LogP contribution in [-0.2, 0) is 99.4 Å². The van der Waals surface area contributed by atoms with Crippen LogP contribution in [0.4, 0.5) is 0 Å². The minimum Gasteiger partial charge on any atom is -0.394 e. The van der Waals surface area contributed by atoms with E-state index >= 15 is 0 Å². The number of aliphatic hydroxyl groups excluding tert-OH is 1. The van der Waals surface area contributed by atoms with E-state index in [0.717, 1.165) is 11.1 Å². The highest BCUT2D eigenvalue weighted by Gasteiger charge is 2.40. The van der Waals surface area contributed by atoms with Crippen molar-refractivity contribution in [1.29, 1.82) is 0 Å². The van der Waals surface area contributed by atoms with E-state index in [0.29, 0.717) is 56.9 Å². The topological polar surface area (TPSA) is 607 Å². The van der Waals surface area contributed by atoms with Crippen molar-refractivity contribution in [3.05, 3.63) is 71.3 Å². The molecular weight excluding hydrogens is 1650 g/mol. The molecule has 25 N–H and O–H groups in total. The molecule has 0 bridgehead atoms. The van der Waals surface area contributed by atoms with Gasteiger partial charge >= 0.3 is 0 Å². The van der Waals surface area contributed by atoms with E-state index in [-0.39, 0.29) is 93.0 Å². The van der Waals surface area contributed by atoms with Crippen LogP contribution in [-0.4, -0.2) is 241 Å². The van der Waals surface area contributed by atoms with Crippen LogP contribution in [0.25, 0.3) is 0 Å². The number of thioether (sulfide) groups is 2. The van der Waals surface area contributed by atoms with Crippen molar-refractivity contribution in [1.82, 2.24) is 85.1 Å². The Bertz CT molecular complexity index is 3870. The average molecular weight is 1790 g/mol. The predicted octanol–water partition coefficient (Wildman–Crippen LogP) is -1.81. The molecule has 0 fully saturated rings. The highest BCUT2D eigenvalue weighted by Crippen LogP contribution is 2.24. The Morgan fingerprint density at radius 3 is 1.50 bits per heavy atom. The molecule has 0 unspecified atom stereocenters. The van der Waals surface area contributed by atoms with Gasteiger partial charge in [-0.25, -0.2) is 0 Å². The summed E-state index contributed by atoms with van der Waals surface area (Å²) >= 11 is 2.43. The van der Waals surface area contributed by atoms with Gasteiger partial charge in [0, 0.05) is 36.4 Å². The van der Waals surface area contributed by atoms with Crippen molar-refractivity contribution < 1.29 is 86.6 Å². The monoisotopic (exact) mass is 1790 g/mol. The second kappa shape index (κ2) is 58.3. The molecule has 2 aromatic rings. The lowest BCUT2D eigenvalue weighted by molar-refractivity contribution is -0.137. The number of aliphatic hydroxyl groups is 1. The fraction of sp³-hybridized carbons (Fsp3) is 0.659. The van der Waals surface area contributed by atoms with Gasteiger partial charge in [-0.1, -0.05) is 137 Å². The van der Waals surface area contributed by atoms with Gasteiger partial charge in [0.2, 0.25) is 100 Å². The van der Waals surface area contributed by atoms with Gasteiger partial charge in [0.05, 0.1) is 19.7 Å². The lowest BCUT2D eigenvalue weighted by Gasteiger charge is -2.30. The maximum atomic E-state index is 15.0. The Hall–Kier alpha value is -10.0. The molecule has 125 heavy (non-hydrogen) atoms. The van der Waals surface area contributed by atoms with Crippen molar-refractivity contribution in [2.75, 3.05) is 50.8 Å². The van der Waals surface area contributed by atoms with Gasteiger partial charge in [-0.2, -0.15) is 23.5 Å². The number of amides is 17. The van der Waals surface area contributed by atoms with Gasteiger partial charge in [0.1, 0.15) is 84.6 Å². The molecule has 0 aromatic heterocycles. The minimum absolute atomic E-state index is 0.000981. The second-order valence-electron chi connectivity index (χ2n) is 32.9. The molecule has 2 aromatic carbocycles. The van der Waals surface area contributed by atoms with Crippen LogP contribution >= 0.6 is 23.5 Å². The quantitative estimate of drug-likeness (QED) is 0.0325. The number of benzene rings is 2. The summed E-state index contributed by atoms with van der Waals surface area (Å²) < 4.78 is 0. The fourth-order valence-corrected chi connectivity index (χ4v) is 15.3. The lowest BCUT2D eigenvalue weighted by atomic mass is 9.95. The standard InChI is InChI=1S/C85H140N20O18S2/c1-14-50(9)70-84(122)98-60(33-23-26-36-88)76(114)96-59(32-22-25-35-87)77(115)102-65(81(119)93-52(11)73(111)100-64(42-106)80(118)103-69(49(7)8)83(121)105-71(51(10)15-2)85(123)97-58(31-21-24-34-86)75(113)91-41-68(109)94-61(72(89)110)37-47(3)4)45-124-43-56-29-19-20-30-57(56)44-125-46-66(82(120)104-70)101-74(112)53(12)92-78(116)63(39-55-27-17-16-18-28-55)99-79(117)62(38-48(5)6)95-67(108)40-90-54(13)107/h16-20,27-30,47-53,58-66,69-71,106H,14-15,21-26,31-46,86-88H2,1-13H3,(H2,89,110)(H,90,107)(H,91,113)(H,92,116)(H,93,119)(H,94,109)(H,95,108)(H,96,114)(H,97,123)(H,98,122)(H,99,117)(H,100,111)(H,101,112)(H,102,115)(H,103,118)(H,104,120)(H,105,121)/t50-,51-,52-,53-,58-,59-,60-,61-,62-,63-,64-,65-,66-,69-,70-,71-/m0/s1. The third-order valence-electron chi connectivity index (χ3n) is 20.9. The van der Waals surface area contributed by atoms with Gasteiger partial charge in [-0.05, 0) is 150 Å². The van der Waals surface area contributed by atoms with Crippen LogP contribution in [0.3, 0.4) is 0 Å². The molecule has 3 rings (SSSR count). The summed E-state index contributed by atoms with van der Waals surface area (Å²) in [6, 6.07) is -2.97. The van der Waals surface area contributed by atoms with Crippen LogP contribution < -0.4 is 108 Å². The summed E-state index contributed by atoms with van der Waals surface area (Å²) in [5, 5.41) is 53.1. The van der Waals surface area contributed by atoms with Gasteiger partial charge in [-0.3, -0.25) is 81.5 Å². The molecule has 1 heterocycles. The Kier molecular flexibility index (Phi) is 50.9. The first-order chi connectivity index (χ1) is 59.2. The van der Waals surface area contributed by atoms with Crippen LogP contribution in [0.2, 0.25) is 0 Å². The molecular formula is C85H140N20O18S2. The number of carbonyl (C=O) groups is 17. The highest BCUT2D eigenvalue weighted by molar-refractivity contribution is 7.99. The van der Waals surface area contributed by atoms with E-state index in [1.165, 1.54) is 44.3 Å². The van der Waals surface area contributed by atoms with E-state index in [9.17, 15) is 86.6 Å². The van der Waals surface area contributed by atoms with E-state index < -0.39 is 222 Å². The second-order valence-corrected chi connectivity index (χ2v) is 35.0. The Morgan fingerprint density at radius 2 is 0.960 bits per heavy atom. The number of hydrogen-bond acceptors (Lipinski definition) is 23. The highest BCUT2D eigenvalue weighted by atomic mass is 32.2. The van der Waals surface area contributed by atoms with Gasteiger partial charge in [0.15, 0.2) is 0 Å². The first-order valence-corrected chi connectivity index (χ1v) is 45.6. The molecule has 40 heteroatoms. The molecule has 1 aliphatic rings. The third-order valence-corrected chi connectivity index (χ3v) is 23.1. The molecule has 0 saturated carbocycles. The largest absolute Gasteiger partial charge is 0.394 e. The molecule has 16 atom stereocenters. The SMILES string of the molecule is CC[C@H](C)[C@@H]1NC(=O)[C@@H](NC(=O)[C@H](C)NC(=O)[C@H](Cc2ccccc2)NC(=O)[C@H](CC(C)C)NC(=O)CNC(C)=O)CSCc2ccccc2CSC[C@@H](C(=O)N[C@@H](C)C(=O)N[C@@H](CO)C(=O)N[C@H](C(=O)N[C@H](C(=O)N[C@@H](CCCCN)C(=O)NCC(=O)N[C@@H](CC(C)C)C(N)=O)[C@@H](C)CC)C(C)C)NC(=O)[C@H](CCCCN)NC(=O)[C@H](CCCCN)NC1=O. The minimum atomic E-state index is -1.75. The molecule has 38 nitrogen and oxygen atoms in total. The summed E-state index contributed by atoms with van der Waals surface area (Å²) in [4.78, 5) is 237. The van der Waals surface area contributed by atoms with E-state index in [2.05, 4.69) is 85.1 Å². The predicted molar refractivity (Wildman–Crippen MR) is 477 cm³/mol. The number of carbonyl (C=O) groups excluding carboxylic acids is 17. The zero-order valence-electron chi connectivity index (χ0n) is 74.6. The fourth-order valence-electron chi connectivity index (χ4n) is 13.1. The maximum absolute atomic E-state index is 15.0. The normalized spacial score (nSPS) is 18.8. The molecule has 0 aliphatic carbocycles. The number of unbranched alkanes of at least 4 members (excludes halogenated alkanes) is 3. The van der Waals surface area contributed by atoms with Crippen LogP contribution in [0.5, 0.6) is 0 Å². The number of nitrogens with one attached hydrogen (secondary N) is 16. The number of fused-ring (bicyclic) bond motifs is 1. The average Bonchev–Trinajstić information content (AvgIpc) is 1.15. The maximum Gasteiger partial charge on any atom is 0.245 e. The van der Waals surface area contributed by atoms with Crippen LogP contribution in [0, 0.1) is 29.6 Å². The first-order valence-electron chi connectivity index (χ1n) is 43.2. The smallest absolute Gasteiger partial charge is 0.245 e. The molecule has 0 spiro atoms. The summed E-state index contributed by atoms with van der Waals surface area (Å²) in [6.45, 7) is 20.1. The third kappa shape index (κ3) is 40.4. The van der Waals surface area contributed by atoms with Crippen molar-refractivity contribution in [3.63, 3.8) is 0 Å². The van der Waals surface area contributed by atoms with Crippen molar-refractivity contribution in [3.8, 4) is 0 Å². The summed E-state index contributed by atoms with van der Waals surface area (Å²) in [7, 11) is 0. The van der Waals surface area contributed by atoms with Crippen LogP contribution in [0.15, 0.2) is 54.6 Å². The number of primary amides is 1. The number of nitrogens with two attached hydrogens (primary N) is 4. The molecule has 700 valence electrons. The van der Waals surface area contributed by atoms with E-state index in [4.69, 9.17) is 22.9 Å². The molecule has 1 aliphatic heterocycles. The van der Waals surface area contributed by atoms with Gasteiger partial charge < -0.3 is 113 Å². The lowest BCUT2D eigenvalue weighted by Crippen LogP contribution is -2.62. The van der Waals surface area contributed by atoms with Crippen LogP contribution in [0.1, 0.15) is 190 Å². The van der Waals surface area contributed by atoms with Gasteiger partial charge in [-0.15, -0.1) is 0 Å². The van der Waals surface area contributed by atoms with Crippen molar-refractivity contribution >= 4 is 124 Å². The summed E-state index contributed by atoms with van der Waals surface area (Å²) in [6.07, 6.45) is 3.35. The molecule has 0 radical (unpaired) electrons. The zero-order chi connectivity index (χ0) is 93.6. The van der Waals surface area contributed by atoms with Gasteiger partial charge in [0.25, 0.3) is 0 Å². The number of rotatable bonds is 48. The van der Waals surface area contributed by atoms with Crippen molar-refractivity contribution in [2.45, 2.75) is 276 Å². The Labute approximate surface area is 742 Å². The molecule has 17 amide bonds. The number of hydrogen-bond donors (Lipinski definition) is 21. The van der Waals surface area contributed by atoms with E-state index in [1.807, 2.05) is 39.8 Å². The zero-order valence-corrected chi connectivity index (χ0v) is 76.3.